The molecule has 0 saturated carbocycles. The van der Waals surface area contributed by atoms with E-state index in [0.717, 1.165) is 12.8 Å². The number of nitrogens with one attached hydrogen (secondary N) is 1. The molecule has 0 spiro atoms. The van der Waals surface area contributed by atoms with Crippen molar-refractivity contribution in [2.24, 2.45) is 0 Å². The maximum atomic E-state index is 12.1. The van der Waals surface area contributed by atoms with Crippen LogP contribution in [0.1, 0.15) is 39.2 Å². The van der Waals surface area contributed by atoms with E-state index in [0.29, 0.717) is 13.0 Å². The Kier molecular flexibility index (Phi) is 4.31. The van der Waals surface area contributed by atoms with Gasteiger partial charge in [-0.25, -0.2) is 4.79 Å². The summed E-state index contributed by atoms with van der Waals surface area (Å²) in [5.41, 5.74) is 0. The fourth-order valence-corrected chi connectivity index (χ4v) is 2.21. The van der Waals surface area contributed by atoms with Crippen molar-refractivity contribution in [2.45, 2.75) is 45.2 Å². The van der Waals surface area contributed by atoms with Gasteiger partial charge in [0.05, 0.1) is 6.04 Å². The SMILES string of the molecule is CC(C)n1nnc(NC(=O)N2CCCC2CCO)n1. The number of hydrogen-bond donors (Lipinski definition) is 2. The van der Waals surface area contributed by atoms with Gasteiger partial charge in [0.1, 0.15) is 0 Å². The normalized spacial score (nSPS) is 19.2. The minimum Gasteiger partial charge on any atom is -0.396 e. The maximum absolute atomic E-state index is 12.1. The minimum atomic E-state index is -0.223. The van der Waals surface area contributed by atoms with Gasteiger partial charge < -0.3 is 10.0 Å². The first-order valence-electron chi connectivity index (χ1n) is 6.59. The molecule has 19 heavy (non-hydrogen) atoms. The van der Waals surface area contributed by atoms with Gasteiger partial charge in [0.25, 0.3) is 5.95 Å². The van der Waals surface area contributed by atoms with Crippen LogP contribution in [0.5, 0.6) is 0 Å². The third-order valence-corrected chi connectivity index (χ3v) is 3.21. The predicted molar refractivity (Wildman–Crippen MR) is 68.7 cm³/mol. The van der Waals surface area contributed by atoms with Crippen LogP contribution in [0.25, 0.3) is 0 Å². The highest BCUT2D eigenvalue weighted by Crippen LogP contribution is 2.20. The van der Waals surface area contributed by atoms with E-state index >= 15 is 0 Å². The van der Waals surface area contributed by atoms with Crippen LogP contribution in [-0.2, 0) is 0 Å². The average molecular weight is 268 g/mol. The van der Waals surface area contributed by atoms with Gasteiger partial charge >= 0.3 is 6.03 Å². The standard InChI is InChI=1S/C11H20N6O2/c1-8(2)17-14-10(13-15-17)12-11(19)16-6-3-4-9(16)5-7-18/h8-9,18H,3-7H2,1-2H3,(H,12,14,19). The number of aliphatic hydroxyl groups is 1. The quantitative estimate of drug-likeness (QED) is 0.835. The van der Waals surface area contributed by atoms with Crippen LogP contribution in [0.4, 0.5) is 10.7 Å². The Morgan fingerprint density at radius 1 is 1.58 bits per heavy atom. The highest BCUT2D eigenvalue weighted by Gasteiger charge is 2.28. The van der Waals surface area contributed by atoms with Gasteiger partial charge in [0.15, 0.2) is 0 Å². The van der Waals surface area contributed by atoms with Crippen LogP contribution < -0.4 is 5.32 Å². The second-order valence-electron chi connectivity index (χ2n) is 4.96. The molecule has 1 aromatic heterocycles. The van der Waals surface area contributed by atoms with E-state index < -0.39 is 0 Å². The van der Waals surface area contributed by atoms with Crippen molar-refractivity contribution < 1.29 is 9.90 Å². The van der Waals surface area contributed by atoms with E-state index in [-0.39, 0.29) is 30.7 Å². The summed E-state index contributed by atoms with van der Waals surface area (Å²) in [4.78, 5) is 15.3. The molecule has 0 bridgehead atoms. The lowest BCUT2D eigenvalue weighted by molar-refractivity contribution is 0.189. The molecule has 1 fully saturated rings. The summed E-state index contributed by atoms with van der Waals surface area (Å²) < 4.78 is 0. The summed E-state index contributed by atoms with van der Waals surface area (Å²) in [5, 5.41) is 23.4. The van der Waals surface area contributed by atoms with Crippen molar-refractivity contribution in [2.75, 3.05) is 18.5 Å². The molecular weight excluding hydrogens is 248 g/mol. The van der Waals surface area contributed by atoms with E-state index in [9.17, 15) is 4.79 Å². The van der Waals surface area contributed by atoms with Crippen LogP contribution in [0.2, 0.25) is 0 Å². The summed E-state index contributed by atoms with van der Waals surface area (Å²) in [6.45, 7) is 4.67. The Morgan fingerprint density at radius 3 is 3.00 bits per heavy atom. The van der Waals surface area contributed by atoms with E-state index in [1.165, 1.54) is 4.80 Å². The topological polar surface area (TPSA) is 96.2 Å². The van der Waals surface area contributed by atoms with E-state index in [4.69, 9.17) is 5.11 Å². The molecule has 1 unspecified atom stereocenters. The Morgan fingerprint density at radius 2 is 2.37 bits per heavy atom. The summed E-state index contributed by atoms with van der Waals surface area (Å²) in [6.07, 6.45) is 2.50. The first-order valence-corrected chi connectivity index (χ1v) is 6.59. The van der Waals surface area contributed by atoms with Crippen molar-refractivity contribution in [3.8, 4) is 0 Å². The third kappa shape index (κ3) is 3.19. The zero-order valence-electron chi connectivity index (χ0n) is 11.3. The Bertz CT molecular complexity index is 433. The average Bonchev–Trinajstić information content (AvgIpc) is 2.98. The number of aromatic nitrogens is 4. The van der Waals surface area contributed by atoms with Gasteiger partial charge in [-0.2, -0.15) is 4.80 Å². The molecular formula is C11H20N6O2. The lowest BCUT2D eigenvalue weighted by Gasteiger charge is -2.23. The van der Waals surface area contributed by atoms with Gasteiger partial charge in [-0.1, -0.05) is 5.10 Å². The van der Waals surface area contributed by atoms with Crippen molar-refractivity contribution in [1.29, 1.82) is 0 Å². The number of rotatable bonds is 4. The highest BCUT2D eigenvalue weighted by atomic mass is 16.3. The Balaban J connectivity index is 1.96. The third-order valence-electron chi connectivity index (χ3n) is 3.21. The predicted octanol–water partition coefficient (Wildman–Crippen LogP) is 0.633. The first-order chi connectivity index (χ1) is 9.11. The summed E-state index contributed by atoms with van der Waals surface area (Å²) in [5.74, 6) is 0.216. The fraction of sp³-hybridized carbons (Fsp3) is 0.818. The van der Waals surface area contributed by atoms with Gasteiger partial charge in [0, 0.05) is 19.2 Å². The number of tetrazole rings is 1. The number of aliphatic hydroxyl groups excluding tert-OH is 1. The summed E-state index contributed by atoms with van der Waals surface area (Å²) >= 11 is 0. The monoisotopic (exact) mass is 268 g/mol. The Labute approximate surface area is 111 Å². The fourth-order valence-electron chi connectivity index (χ4n) is 2.21. The molecule has 8 heteroatoms. The molecule has 2 rings (SSSR count). The molecule has 2 N–H and O–H groups in total. The minimum absolute atomic E-state index is 0.0935. The van der Waals surface area contributed by atoms with Crippen molar-refractivity contribution in [3.63, 3.8) is 0 Å². The van der Waals surface area contributed by atoms with Crippen LogP contribution in [0, 0.1) is 0 Å². The molecule has 8 nitrogen and oxygen atoms in total. The largest absolute Gasteiger partial charge is 0.396 e. The zero-order valence-corrected chi connectivity index (χ0v) is 11.3. The first kappa shape index (κ1) is 13.7. The van der Waals surface area contributed by atoms with Gasteiger partial charge in [-0.3, -0.25) is 5.32 Å². The van der Waals surface area contributed by atoms with Crippen molar-refractivity contribution >= 4 is 12.0 Å². The van der Waals surface area contributed by atoms with Crippen LogP contribution in [0.15, 0.2) is 0 Å². The number of likely N-dealkylation sites (tertiary alicyclic amines) is 1. The summed E-state index contributed by atoms with van der Waals surface area (Å²) in [7, 11) is 0. The molecule has 1 saturated heterocycles. The number of urea groups is 1. The molecule has 106 valence electrons. The lowest BCUT2D eigenvalue weighted by Crippen LogP contribution is -2.39. The van der Waals surface area contributed by atoms with Gasteiger partial charge in [0.2, 0.25) is 0 Å². The number of hydrogen-bond acceptors (Lipinski definition) is 5. The molecule has 1 aliphatic rings. The van der Waals surface area contributed by atoms with Crippen LogP contribution in [-0.4, -0.2) is 55.4 Å². The highest BCUT2D eigenvalue weighted by molar-refractivity contribution is 5.87. The molecule has 2 heterocycles. The molecule has 1 aliphatic heterocycles. The van der Waals surface area contributed by atoms with Crippen LogP contribution in [0.3, 0.4) is 0 Å². The van der Waals surface area contributed by atoms with E-state index in [1.807, 2.05) is 13.8 Å². The second kappa shape index (κ2) is 5.96. The molecule has 1 atom stereocenters. The Hall–Kier alpha value is -1.70. The van der Waals surface area contributed by atoms with Crippen LogP contribution >= 0.6 is 0 Å². The van der Waals surface area contributed by atoms with E-state index in [2.05, 4.69) is 20.7 Å². The second-order valence-corrected chi connectivity index (χ2v) is 4.96. The molecule has 0 aliphatic carbocycles. The summed E-state index contributed by atoms with van der Waals surface area (Å²) in [6, 6.07) is -0.0172. The van der Waals surface area contributed by atoms with Crippen molar-refractivity contribution in [1.82, 2.24) is 25.1 Å². The smallest absolute Gasteiger partial charge is 0.324 e. The lowest BCUT2D eigenvalue weighted by atomic mass is 10.1. The number of nitrogens with zero attached hydrogens (tertiary/aromatic N) is 5. The molecule has 0 aromatic carbocycles. The van der Waals surface area contributed by atoms with E-state index in [1.54, 1.807) is 4.90 Å². The number of carbonyl (C=O) groups is 1. The number of amides is 2. The zero-order chi connectivity index (χ0) is 13.8. The number of carbonyl (C=O) groups excluding carboxylic acids is 1. The van der Waals surface area contributed by atoms with Gasteiger partial charge in [-0.15, -0.1) is 5.10 Å². The molecule has 0 radical (unpaired) electrons. The number of anilines is 1. The maximum Gasteiger partial charge on any atom is 0.324 e. The van der Waals surface area contributed by atoms with Gasteiger partial charge in [-0.05, 0) is 38.3 Å². The molecule has 1 aromatic rings. The molecule has 2 amide bonds. The van der Waals surface area contributed by atoms with Crippen molar-refractivity contribution in [3.05, 3.63) is 0 Å².